The molecule has 136 valence electrons. The van der Waals surface area contributed by atoms with Crippen molar-refractivity contribution in [3.05, 3.63) is 60.9 Å². The number of carbonyl (C=O) groups is 1. The molecule has 0 aliphatic carbocycles. The fourth-order valence-corrected chi connectivity index (χ4v) is 3.32. The fraction of sp³-hybridized carbons (Fsp3) is 0.188. The number of nitrogens with zero attached hydrogens (tertiary/aromatic N) is 4. The molecule has 0 aliphatic heterocycles. The van der Waals surface area contributed by atoms with Crippen molar-refractivity contribution >= 4 is 62.5 Å². The topological polar surface area (TPSA) is 64.7 Å². The Bertz CT molecular complexity index is 998. The maximum Gasteiger partial charge on any atom is 0.278 e. The van der Waals surface area contributed by atoms with Gasteiger partial charge in [0.25, 0.3) is 5.91 Å². The minimum absolute atomic E-state index is 0.256. The number of hydrogen-bond donors (Lipinski definition) is 1. The zero-order valence-electron chi connectivity index (χ0n) is 13.7. The number of nitrogens with one attached hydrogen (secondary N) is 1. The average molecular weight is 478 g/mol. The Kier molecular flexibility index (Phi) is 5.62. The third kappa shape index (κ3) is 3.91. The lowest BCUT2D eigenvalue weighted by atomic mass is 10.2. The van der Waals surface area contributed by atoms with E-state index in [0.717, 1.165) is 11.3 Å². The van der Waals surface area contributed by atoms with E-state index in [9.17, 15) is 4.79 Å². The first-order valence-electron chi connectivity index (χ1n) is 7.43. The normalized spacial score (nSPS) is 11.0. The molecule has 1 amide bonds. The monoisotopic (exact) mass is 475 g/mol. The quantitative estimate of drug-likeness (QED) is 0.578. The standard InChI is InChI=1S/C16H13BrCl3N5O/c1-8-13(17)14(22-24(8)2)16(26)21-15-12(20)7-25(23-15)6-9-3-4-10(18)11(19)5-9/h3-5,7H,6H2,1-2H3,(H,21,23,26). The van der Waals surface area contributed by atoms with Crippen LogP contribution in [0.15, 0.2) is 28.9 Å². The summed E-state index contributed by atoms with van der Waals surface area (Å²) in [6.45, 7) is 2.28. The number of aryl methyl sites for hydroxylation is 1. The van der Waals surface area contributed by atoms with Gasteiger partial charge in [-0.05, 0) is 40.5 Å². The number of amides is 1. The SMILES string of the molecule is Cc1c(Br)c(C(=O)Nc2nn(Cc3ccc(Cl)c(Cl)c3)cc2Cl)nn1C. The molecule has 0 spiro atoms. The molecule has 0 atom stereocenters. The van der Waals surface area contributed by atoms with Gasteiger partial charge in [0.2, 0.25) is 0 Å². The molecular weight excluding hydrogens is 464 g/mol. The second-order valence-corrected chi connectivity index (χ2v) is 7.61. The molecule has 3 rings (SSSR count). The summed E-state index contributed by atoms with van der Waals surface area (Å²) in [4.78, 5) is 12.4. The largest absolute Gasteiger partial charge is 0.302 e. The first-order chi connectivity index (χ1) is 12.3. The van der Waals surface area contributed by atoms with E-state index in [1.807, 2.05) is 13.0 Å². The summed E-state index contributed by atoms with van der Waals surface area (Å²) in [5.74, 6) is -0.144. The van der Waals surface area contributed by atoms with Crippen molar-refractivity contribution in [1.29, 1.82) is 0 Å². The zero-order chi connectivity index (χ0) is 19.0. The second kappa shape index (κ2) is 7.60. The molecule has 0 aliphatic rings. The van der Waals surface area contributed by atoms with E-state index in [2.05, 4.69) is 31.4 Å². The number of aromatic nitrogens is 4. The number of halogens is 4. The van der Waals surface area contributed by atoms with E-state index >= 15 is 0 Å². The van der Waals surface area contributed by atoms with Crippen LogP contribution in [-0.2, 0) is 13.6 Å². The predicted octanol–water partition coefficient (Wildman–Crippen LogP) is 4.95. The van der Waals surface area contributed by atoms with Gasteiger partial charge in [0.05, 0.1) is 26.8 Å². The summed E-state index contributed by atoms with van der Waals surface area (Å²) in [5, 5.41) is 12.4. The molecule has 1 N–H and O–H groups in total. The van der Waals surface area contributed by atoms with E-state index < -0.39 is 5.91 Å². The van der Waals surface area contributed by atoms with E-state index in [1.54, 1.807) is 34.7 Å². The van der Waals surface area contributed by atoms with Crippen molar-refractivity contribution in [2.24, 2.45) is 7.05 Å². The minimum atomic E-state index is -0.401. The summed E-state index contributed by atoms with van der Waals surface area (Å²) < 4.78 is 3.85. The van der Waals surface area contributed by atoms with Crippen molar-refractivity contribution < 1.29 is 4.79 Å². The van der Waals surface area contributed by atoms with Crippen molar-refractivity contribution in [1.82, 2.24) is 19.6 Å². The van der Waals surface area contributed by atoms with E-state index in [-0.39, 0.29) is 11.5 Å². The highest BCUT2D eigenvalue weighted by Gasteiger charge is 2.20. The van der Waals surface area contributed by atoms with Gasteiger partial charge in [-0.15, -0.1) is 0 Å². The van der Waals surface area contributed by atoms with Crippen LogP contribution in [0.1, 0.15) is 21.7 Å². The molecule has 26 heavy (non-hydrogen) atoms. The van der Waals surface area contributed by atoms with Gasteiger partial charge < -0.3 is 5.32 Å². The summed E-state index contributed by atoms with van der Waals surface area (Å²) >= 11 is 21.5. The molecule has 10 heteroatoms. The van der Waals surface area contributed by atoms with Gasteiger partial charge >= 0.3 is 0 Å². The molecule has 1 aromatic carbocycles. The molecule has 0 unspecified atom stereocenters. The van der Waals surface area contributed by atoms with Crippen LogP contribution in [0.4, 0.5) is 5.82 Å². The minimum Gasteiger partial charge on any atom is -0.302 e. The van der Waals surface area contributed by atoms with Crippen LogP contribution in [-0.4, -0.2) is 25.5 Å². The summed E-state index contributed by atoms with van der Waals surface area (Å²) in [6, 6.07) is 5.31. The number of anilines is 1. The van der Waals surface area contributed by atoms with Crippen molar-refractivity contribution in [3.8, 4) is 0 Å². The lowest BCUT2D eigenvalue weighted by Gasteiger charge is -2.04. The van der Waals surface area contributed by atoms with Gasteiger partial charge in [0.15, 0.2) is 11.5 Å². The summed E-state index contributed by atoms with van der Waals surface area (Å²) in [6.07, 6.45) is 1.62. The van der Waals surface area contributed by atoms with Gasteiger partial charge in [0, 0.05) is 13.2 Å². The number of carbonyl (C=O) groups excluding carboxylic acids is 1. The lowest BCUT2D eigenvalue weighted by molar-refractivity contribution is 0.102. The van der Waals surface area contributed by atoms with Gasteiger partial charge in [-0.2, -0.15) is 10.2 Å². The van der Waals surface area contributed by atoms with Crippen LogP contribution in [0.25, 0.3) is 0 Å². The Labute approximate surface area is 173 Å². The molecule has 2 aromatic heterocycles. The van der Waals surface area contributed by atoms with Crippen molar-refractivity contribution in [2.75, 3.05) is 5.32 Å². The van der Waals surface area contributed by atoms with Crippen molar-refractivity contribution in [3.63, 3.8) is 0 Å². The molecular formula is C16H13BrCl3N5O. The molecule has 0 radical (unpaired) electrons. The molecule has 0 bridgehead atoms. The number of rotatable bonds is 4. The number of hydrogen-bond acceptors (Lipinski definition) is 3. The second-order valence-electron chi connectivity index (χ2n) is 5.60. The van der Waals surface area contributed by atoms with Crippen LogP contribution in [0.5, 0.6) is 0 Å². The van der Waals surface area contributed by atoms with E-state index in [0.29, 0.717) is 26.1 Å². The first-order valence-corrected chi connectivity index (χ1v) is 9.36. The Balaban J connectivity index is 1.78. The average Bonchev–Trinajstić information content (AvgIpc) is 3.05. The third-order valence-electron chi connectivity index (χ3n) is 3.75. The highest BCUT2D eigenvalue weighted by atomic mass is 79.9. The first kappa shape index (κ1) is 19.2. The van der Waals surface area contributed by atoms with Gasteiger partial charge in [-0.3, -0.25) is 14.2 Å². The molecule has 0 saturated heterocycles. The molecule has 2 heterocycles. The third-order valence-corrected chi connectivity index (χ3v) is 5.72. The van der Waals surface area contributed by atoms with Crippen LogP contribution in [0, 0.1) is 6.92 Å². The van der Waals surface area contributed by atoms with Crippen LogP contribution < -0.4 is 5.32 Å². The Hall–Kier alpha value is -1.54. The zero-order valence-corrected chi connectivity index (χ0v) is 17.6. The van der Waals surface area contributed by atoms with E-state index in [4.69, 9.17) is 34.8 Å². The Morgan fingerprint density at radius 3 is 2.54 bits per heavy atom. The van der Waals surface area contributed by atoms with Gasteiger partial charge in [0.1, 0.15) is 5.02 Å². The van der Waals surface area contributed by atoms with Crippen molar-refractivity contribution in [2.45, 2.75) is 13.5 Å². The molecule has 0 fully saturated rings. The highest BCUT2D eigenvalue weighted by molar-refractivity contribution is 9.10. The van der Waals surface area contributed by atoms with Crippen LogP contribution in [0.2, 0.25) is 15.1 Å². The fourth-order valence-electron chi connectivity index (χ4n) is 2.28. The lowest BCUT2D eigenvalue weighted by Crippen LogP contribution is -2.14. The van der Waals surface area contributed by atoms with E-state index in [1.165, 1.54) is 0 Å². The Morgan fingerprint density at radius 2 is 1.92 bits per heavy atom. The summed E-state index contributed by atoms with van der Waals surface area (Å²) in [7, 11) is 1.76. The molecule has 3 aromatic rings. The Morgan fingerprint density at radius 1 is 1.19 bits per heavy atom. The smallest absolute Gasteiger partial charge is 0.278 e. The highest BCUT2D eigenvalue weighted by Crippen LogP contribution is 2.26. The maximum atomic E-state index is 12.4. The van der Waals surface area contributed by atoms with Gasteiger partial charge in [-0.25, -0.2) is 0 Å². The van der Waals surface area contributed by atoms with Crippen LogP contribution in [0.3, 0.4) is 0 Å². The summed E-state index contributed by atoms with van der Waals surface area (Å²) in [5.41, 5.74) is 2.01. The molecule has 0 saturated carbocycles. The van der Waals surface area contributed by atoms with Gasteiger partial charge in [-0.1, -0.05) is 40.9 Å². The molecule has 6 nitrogen and oxygen atoms in total. The number of benzene rings is 1. The maximum absolute atomic E-state index is 12.4. The predicted molar refractivity (Wildman–Crippen MR) is 106 cm³/mol. The van der Waals surface area contributed by atoms with Crippen LogP contribution >= 0.6 is 50.7 Å².